The highest BCUT2D eigenvalue weighted by Crippen LogP contribution is 2.08. The molecule has 142 valence electrons. The minimum absolute atomic E-state index is 0.0877. The van der Waals surface area contributed by atoms with Gasteiger partial charge in [-0.3, -0.25) is 19.8 Å². The third-order valence-electron chi connectivity index (χ3n) is 3.48. The number of carbonyl (C=O) groups excluding carboxylic acids is 3. The maximum absolute atomic E-state index is 13.1. The summed E-state index contributed by atoms with van der Waals surface area (Å²) in [7, 11) is 1.56. The predicted molar refractivity (Wildman–Crippen MR) is 99.3 cm³/mol. The standard InChI is InChI=1S/C19H21FN4O3/c1-24(12-17(25)22-16-9-5-8-15(20)10-16)13-18(26)23-19(27)21-11-14-6-3-2-4-7-14/h2-10H,11-13H2,1H3,(H,22,25)(H2,21,23,26,27). The topological polar surface area (TPSA) is 90.5 Å². The van der Waals surface area contributed by atoms with E-state index in [1.54, 1.807) is 13.1 Å². The van der Waals surface area contributed by atoms with Crippen LogP contribution in [0.15, 0.2) is 54.6 Å². The lowest BCUT2D eigenvalue weighted by atomic mass is 10.2. The lowest BCUT2D eigenvalue weighted by Gasteiger charge is -2.16. The number of anilines is 1. The molecule has 7 nitrogen and oxygen atoms in total. The highest BCUT2D eigenvalue weighted by Gasteiger charge is 2.13. The second-order valence-corrected chi connectivity index (χ2v) is 5.95. The Balaban J connectivity index is 1.69. The number of urea groups is 1. The van der Waals surface area contributed by atoms with Crippen molar-refractivity contribution in [2.75, 3.05) is 25.5 Å². The van der Waals surface area contributed by atoms with Crippen LogP contribution in [0.25, 0.3) is 0 Å². The molecule has 8 heteroatoms. The number of nitrogens with one attached hydrogen (secondary N) is 3. The molecule has 0 radical (unpaired) electrons. The van der Waals surface area contributed by atoms with Crippen molar-refractivity contribution in [3.63, 3.8) is 0 Å². The molecule has 0 fully saturated rings. The van der Waals surface area contributed by atoms with Crippen molar-refractivity contribution in [3.8, 4) is 0 Å². The predicted octanol–water partition coefficient (Wildman–Crippen LogP) is 1.72. The van der Waals surface area contributed by atoms with Crippen LogP contribution >= 0.6 is 0 Å². The molecular formula is C19H21FN4O3. The molecule has 0 bridgehead atoms. The van der Waals surface area contributed by atoms with Crippen LogP contribution in [0.5, 0.6) is 0 Å². The van der Waals surface area contributed by atoms with Crippen molar-refractivity contribution in [2.45, 2.75) is 6.54 Å². The number of amides is 4. The Morgan fingerprint density at radius 2 is 1.67 bits per heavy atom. The summed E-state index contributed by atoms with van der Waals surface area (Å²) in [5.74, 6) is -1.40. The van der Waals surface area contributed by atoms with E-state index >= 15 is 0 Å². The van der Waals surface area contributed by atoms with E-state index < -0.39 is 23.7 Å². The largest absolute Gasteiger partial charge is 0.334 e. The molecule has 0 aliphatic rings. The highest BCUT2D eigenvalue weighted by molar-refractivity contribution is 5.96. The Kier molecular flexibility index (Phi) is 7.45. The van der Waals surface area contributed by atoms with Gasteiger partial charge in [0.25, 0.3) is 0 Å². The van der Waals surface area contributed by atoms with E-state index in [1.165, 1.54) is 23.1 Å². The van der Waals surface area contributed by atoms with Crippen LogP contribution in [0.4, 0.5) is 14.9 Å². The summed E-state index contributed by atoms with van der Waals surface area (Å²) < 4.78 is 13.1. The fourth-order valence-electron chi connectivity index (χ4n) is 2.30. The first kappa shape index (κ1) is 20.1. The van der Waals surface area contributed by atoms with Gasteiger partial charge in [0.05, 0.1) is 13.1 Å². The van der Waals surface area contributed by atoms with Gasteiger partial charge in [0, 0.05) is 12.2 Å². The Bertz CT molecular complexity index is 799. The molecule has 27 heavy (non-hydrogen) atoms. The number of carbonyl (C=O) groups is 3. The Hall–Kier alpha value is -3.26. The van der Waals surface area contributed by atoms with Gasteiger partial charge in [0.1, 0.15) is 5.82 Å². The molecule has 0 aromatic heterocycles. The van der Waals surface area contributed by atoms with E-state index in [4.69, 9.17) is 0 Å². The maximum Gasteiger partial charge on any atom is 0.321 e. The first-order chi connectivity index (χ1) is 12.9. The van der Waals surface area contributed by atoms with Crippen molar-refractivity contribution in [1.29, 1.82) is 0 Å². The van der Waals surface area contributed by atoms with Gasteiger partial charge in [-0.1, -0.05) is 36.4 Å². The molecule has 0 saturated heterocycles. The van der Waals surface area contributed by atoms with Crippen LogP contribution in [0.2, 0.25) is 0 Å². The normalized spacial score (nSPS) is 10.3. The minimum Gasteiger partial charge on any atom is -0.334 e. The van der Waals surface area contributed by atoms with Crippen molar-refractivity contribution < 1.29 is 18.8 Å². The fraction of sp³-hybridized carbons (Fsp3) is 0.211. The van der Waals surface area contributed by atoms with Crippen LogP contribution in [0, 0.1) is 5.82 Å². The Morgan fingerprint density at radius 1 is 0.963 bits per heavy atom. The monoisotopic (exact) mass is 372 g/mol. The maximum atomic E-state index is 13.1. The zero-order chi connectivity index (χ0) is 19.6. The third-order valence-corrected chi connectivity index (χ3v) is 3.48. The van der Waals surface area contributed by atoms with Crippen molar-refractivity contribution >= 4 is 23.5 Å². The SMILES string of the molecule is CN(CC(=O)NC(=O)NCc1ccccc1)CC(=O)Nc1cccc(F)c1. The molecule has 2 rings (SSSR count). The molecule has 0 aliphatic carbocycles. The van der Waals surface area contributed by atoms with Crippen molar-refractivity contribution in [2.24, 2.45) is 0 Å². The number of hydrogen-bond acceptors (Lipinski definition) is 4. The molecule has 2 aromatic carbocycles. The first-order valence-electron chi connectivity index (χ1n) is 8.28. The van der Waals surface area contributed by atoms with E-state index in [1.807, 2.05) is 30.3 Å². The summed E-state index contributed by atoms with van der Waals surface area (Å²) in [6.45, 7) is 0.0662. The molecule has 0 spiro atoms. The molecule has 2 aromatic rings. The lowest BCUT2D eigenvalue weighted by molar-refractivity contribution is -0.122. The molecule has 3 N–H and O–H groups in total. The quantitative estimate of drug-likeness (QED) is 0.690. The van der Waals surface area contributed by atoms with Crippen molar-refractivity contribution in [1.82, 2.24) is 15.5 Å². The molecule has 0 heterocycles. The van der Waals surface area contributed by atoms with E-state index in [0.717, 1.165) is 5.56 Å². The van der Waals surface area contributed by atoms with Crippen molar-refractivity contribution in [3.05, 3.63) is 66.0 Å². The van der Waals surface area contributed by atoms with Gasteiger partial charge in [0.2, 0.25) is 11.8 Å². The molecule has 0 aliphatic heterocycles. The average Bonchev–Trinajstić information content (AvgIpc) is 2.60. The number of hydrogen-bond donors (Lipinski definition) is 3. The smallest absolute Gasteiger partial charge is 0.321 e. The average molecular weight is 372 g/mol. The molecule has 0 unspecified atom stereocenters. The zero-order valence-electron chi connectivity index (χ0n) is 14.9. The highest BCUT2D eigenvalue weighted by atomic mass is 19.1. The van der Waals surface area contributed by atoms with E-state index in [2.05, 4.69) is 16.0 Å². The summed E-state index contributed by atoms with van der Waals surface area (Å²) in [6, 6.07) is 14.2. The number of imide groups is 1. The van der Waals surface area contributed by atoms with Crippen LogP contribution in [0.3, 0.4) is 0 Å². The summed E-state index contributed by atoms with van der Waals surface area (Å²) in [6.07, 6.45) is 0. The van der Waals surface area contributed by atoms with Gasteiger partial charge in [-0.25, -0.2) is 9.18 Å². The minimum atomic E-state index is -0.610. The number of halogens is 1. The van der Waals surface area contributed by atoms with E-state index in [9.17, 15) is 18.8 Å². The van der Waals surface area contributed by atoms with E-state index in [-0.39, 0.29) is 13.1 Å². The van der Waals surface area contributed by atoms with Gasteiger partial charge in [-0.05, 0) is 30.8 Å². The third kappa shape index (κ3) is 7.66. The first-order valence-corrected chi connectivity index (χ1v) is 8.28. The number of benzene rings is 2. The molecule has 0 saturated carbocycles. The summed E-state index contributed by atoms with van der Waals surface area (Å²) in [5.41, 5.74) is 1.24. The van der Waals surface area contributed by atoms with Gasteiger partial charge in [0.15, 0.2) is 0 Å². The van der Waals surface area contributed by atoms with E-state index in [0.29, 0.717) is 12.2 Å². The van der Waals surface area contributed by atoms with Crippen LogP contribution in [0.1, 0.15) is 5.56 Å². The summed E-state index contributed by atoms with van der Waals surface area (Å²) >= 11 is 0. The summed E-state index contributed by atoms with van der Waals surface area (Å²) in [4.78, 5) is 36.9. The number of nitrogens with zero attached hydrogens (tertiary/aromatic N) is 1. The number of likely N-dealkylation sites (N-methyl/N-ethyl adjacent to an activating group) is 1. The second-order valence-electron chi connectivity index (χ2n) is 5.95. The van der Waals surface area contributed by atoms with Gasteiger partial charge >= 0.3 is 6.03 Å². The Labute approximate surface area is 156 Å². The molecule has 0 atom stereocenters. The fourth-order valence-corrected chi connectivity index (χ4v) is 2.30. The van der Waals surface area contributed by atoms with Gasteiger partial charge in [-0.15, -0.1) is 0 Å². The van der Waals surface area contributed by atoms with Crippen LogP contribution < -0.4 is 16.0 Å². The second kappa shape index (κ2) is 10.0. The Morgan fingerprint density at radius 3 is 2.37 bits per heavy atom. The van der Waals surface area contributed by atoms with Gasteiger partial charge in [-0.2, -0.15) is 0 Å². The molecular weight excluding hydrogens is 351 g/mol. The van der Waals surface area contributed by atoms with Crippen LogP contribution in [-0.4, -0.2) is 42.9 Å². The zero-order valence-corrected chi connectivity index (χ0v) is 14.9. The number of rotatable bonds is 7. The lowest BCUT2D eigenvalue weighted by Crippen LogP contribution is -2.44. The molecule has 4 amide bonds. The van der Waals surface area contributed by atoms with Gasteiger partial charge < -0.3 is 10.6 Å². The van der Waals surface area contributed by atoms with Crippen LogP contribution in [-0.2, 0) is 16.1 Å². The summed E-state index contributed by atoms with van der Waals surface area (Å²) in [5, 5.41) is 7.31.